The van der Waals surface area contributed by atoms with Crippen molar-refractivity contribution in [2.45, 2.75) is 61.1 Å². The maximum atomic E-state index is 12.0. The highest BCUT2D eigenvalue weighted by Gasteiger charge is 2.34. The highest BCUT2D eigenvalue weighted by molar-refractivity contribution is 9.09. The summed E-state index contributed by atoms with van der Waals surface area (Å²) in [6.07, 6.45) is 6.99. The third-order valence-corrected chi connectivity index (χ3v) is 6.56. The molecule has 0 aromatic carbocycles. The molecule has 0 bridgehead atoms. The number of rotatable bonds is 3. The fourth-order valence-electron chi connectivity index (χ4n) is 2.55. The quantitative estimate of drug-likeness (QED) is 0.811. The summed E-state index contributed by atoms with van der Waals surface area (Å²) in [5, 5.41) is -0.127. The van der Waals surface area contributed by atoms with E-state index in [-0.39, 0.29) is 11.3 Å². The summed E-state index contributed by atoms with van der Waals surface area (Å²) < 4.78 is 26.9. The Morgan fingerprint density at radius 1 is 1.00 bits per heavy atom. The molecule has 5 heteroatoms. The zero-order valence-electron chi connectivity index (χ0n) is 8.78. The van der Waals surface area contributed by atoms with Crippen LogP contribution in [-0.4, -0.2) is 24.5 Å². The highest BCUT2D eigenvalue weighted by Crippen LogP contribution is 2.29. The lowest BCUT2D eigenvalue weighted by Crippen LogP contribution is -2.42. The van der Waals surface area contributed by atoms with E-state index in [1.807, 2.05) is 0 Å². The Morgan fingerprint density at radius 2 is 1.67 bits per heavy atom. The Kier molecular flexibility index (Phi) is 3.73. The van der Waals surface area contributed by atoms with Gasteiger partial charge in [0.25, 0.3) is 0 Å². The van der Waals surface area contributed by atoms with Gasteiger partial charge in [-0.25, -0.2) is 13.1 Å². The van der Waals surface area contributed by atoms with Crippen LogP contribution in [0.4, 0.5) is 0 Å². The molecule has 0 aliphatic heterocycles. The second-order valence-corrected chi connectivity index (χ2v) is 7.79. The van der Waals surface area contributed by atoms with Crippen LogP contribution >= 0.6 is 15.9 Å². The van der Waals surface area contributed by atoms with Crippen molar-refractivity contribution in [1.29, 1.82) is 0 Å². The first-order chi connectivity index (χ1) is 7.09. The van der Waals surface area contributed by atoms with E-state index in [2.05, 4.69) is 20.7 Å². The molecule has 88 valence electrons. The standard InChI is InChI=1S/C10H18BrNO2S/c11-9-6-3-7-10(9)12-15(13,14)8-4-1-2-5-8/h8-10,12H,1-7H2. The lowest BCUT2D eigenvalue weighted by atomic mass is 10.3. The molecule has 0 heterocycles. The lowest BCUT2D eigenvalue weighted by molar-refractivity contribution is 0.541. The predicted octanol–water partition coefficient (Wildman–Crippen LogP) is 2.16. The topological polar surface area (TPSA) is 46.2 Å². The van der Waals surface area contributed by atoms with Crippen LogP contribution in [0.25, 0.3) is 0 Å². The van der Waals surface area contributed by atoms with Crippen molar-refractivity contribution in [2.24, 2.45) is 0 Å². The Hall–Kier alpha value is 0.390. The van der Waals surface area contributed by atoms with Gasteiger partial charge < -0.3 is 0 Å². The third kappa shape index (κ3) is 2.74. The zero-order chi connectivity index (χ0) is 10.9. The molecule has 3 nitrogen and oxygen atoms in total. The maximum Gasteiger partial charge on any atom is 0.214 e. The van der Waals surface area contributed by atoms with Gasteiger partial charge in [0.15, 0.2) is 0 Å². The van der Waals surface area contributed by atoms with Crippen molar-refractivity contribution >= 4 is 26.0 Å². The molecule has 0 radical (unpaired) electrons. The summed E-state index contributed by atoms with van der Waals surface area (Å²) in [6.45, 7) is 0. The van der Waals surface area contributed by atoms with Crippen LogP contribution in [-0.2, 0) is 10.0 Å². The summed E-state index contributed by atoms with van der Waals surface area (Å²) in [4.78, 5) is 0.327. The summed E-state index contributed by atoms with van der Waals surface area (Å²) in [7, 11) is -3.06. The average molecular weight is 296 g/mol. The fourth-order valence-corrected chi connectivity index (χ4v) is 5.30. The van der Waals surface area contributed by atoms with Gasteiger partial charge in [-0.2, -0.15) is 0 Å². The van der Waals surface area contributed by atoms with Crippen molar-refractivity contribution in [1.82, 2.24) is 4.72 Å². The minimum absolute atomic E-state index is 0.121. The molecular weight excluding hydrogens is 278 g/mol. The van der Waals surface area contributed by atoms with Crippen LogP contribution in [0.15, 0.2) is 0 Å². The first-order valence-corrected chi connectivity index (χ1v) is 8.21. The van der Waals surface area contributed by atoms with Crippen LogP contribution in [0.2, 0.25) is 0 Å². The minimum atomic E-state index is -3.06. The molecule has 0 aromatic heterocycles. The highest BCUT2D eigenvalue weighted by atomic mass is 79.9. The summed E-state index contributed by atoms with van der Waals surface area (Å²) in [6, 6.07) is 0.121. The summed E-state index contributed by atoms with van der Waals surface area (Å²) in [5.41, 5.74) is 0. The molecule has 1 N–H and O–H groups in total. The zero-order valence-corrected chi connectivity index (χ0v) is 11.2. The van der Waals surface area contributed by atoms with Crippen molar-refractivity contribution in [3.05, 3.63) is 0 Å². The molecule has 2 aliphatic carbocycles. The molecular formula is C10H18BrNO2S. The average Bonchev–Trinajstić information content (AvgIpc) is 2.77. The molecule has 0 amide bonds. The van der Waals surface area contributed by atoms with E-state index in [4.69, 9.17) is 0 Å². The SMILES string of the molecule is O=S(=O)(NC1CCCC1Br)C1CCCC1. The lowest BCUT2D eigenvalue weighted by Gasteiger charge is -2.19. The van der Waals surface area contributed by atoms with Crippen molar-refractivity contribution < 1.29 is 8.42 Å². The maximum absolute atomic E-state index is 12.0. The predicted molar refractivity (Wildman–Crippen MR) is 64.7 cm³/mol. The second-order valence-electron chi connectivity index (χ2n) is 4.62. The van der Waals surface area contributed by atoms with Crippen molar-refractivity contribution in [3.63, 3.8) is 0 Å². The van der Waals surface area contributed by atoms with Gasteiger partial charge in [-0.3, -0.25) is 0 Å². The van der Waals surface area contributed by atoms with Gasteiger partial charge in [-0.1, -0.05) is 35.2 Å². The van der Waals surface area contributed by atoms with E-state index in [1.165, 1.54) is 0 Å². The number of nitrogens with one attached hydrogen (secondary N) is 1. The Morgan fingerprint density at radius 3 is 2.20 bits per heavy atom. The fraction of sp³-hybridized carbons (Fsp3) is 1.00. The smallest absolute Gasteiger partial charge is 0.212 e. The van der Waals surface area contributed by atoms with E-state index in [0.717, 1.165) is 44.9 Å². The molecule has 2 fully saturated rings. The third-order valence-electron chi connectivity index (χ3n) is 3.49. The number of hydrogen-bond donors (Lipinski definition) is 1. The van der Waals surface area contributed by atoms with Gasteiger partial charge >= 0.3 is 0 Å². The number of hydrogen-bond acceptors (Lipinski definition) is 2. The van der Waals surface area contributed by atoms with Gasteiger partial charge in [0.1, 0.15) is 0 Å². The first-order valence-electron chi connectivity index (χ1n) is 5.75. The molecule has 2 saturated carbocycles. The summed E-state index contributed by atoms with van der Waals surface area (Å²) >= 11 is 3.54. The first kappa shape index (κ1) is 11.9. The van der Waals surface area contributed by atoms with E-state index < -0.39 is 10.0 Å². The Labute approximate surface area is 100 Å². The molecule has 2 rings (SSSR count). The molecule has 0 saturated heterocycles. The van der Waals surface area contributed by atoms with Gasteiger partial charge in [-0.15, -0.1) is 0 Å². The van der Waals surface area contributed by atoms with E-state index >= 15 is 0 Å². The largest absolute Gasteiger partial charge is 0.214 e. The summed E-state index contributed by atoms with van der Waals surface area (Å²) in [5.74, 6) is 0. The van der Waals surface area contributed by atoms with Crippen LogP contribution < -0.4 is 4.72 Å². The van der Waals surface area contributed by atoms with Gasteiger partial charge in [-0.05, 0) is 25.7 Å². The molecule has 0 aromatic rings. The number of alkyl halides is 1. The molecule has 0 spiro atoms. The monoisotopic (exact) mass is 295 g/mol. The Balaban J connectivity index is 1.97. The van der Waals surface area contributed by atoms with E-state index in [9.17, 15) is 8.42 Å². The van der Waals surface area contributed by atoms with Gasteiger partial charge in [0.05, 0.1) is 5.25 Å². The van der Waals surface area contributed by atoms with E-state index in [1.54, 1.807) is 0 Å². The molecule has 15 heavy (non-hydrogen) atoms. The van der Waals surface area contributed by atoms with Gasteiger partial charge in [0, 0.05) is 10.9 Å². The van der Waals surface area contributed by atoms with Crippen molar-refractivity contribution in [2.75, 3.05) is 0 Å². The van der Waals surface area contributed by atoms with Crippen LogP contribution in [0.3, 0.4) is 0 Å². The molecule has 2 unspecified atom stereocenters. The number of sulfonamides is 1. The van der Waals surface area contributed by atoms with Crippen LogP contribution in [0, 0.1) is 0 Å². The van der Waals surface area contributed by atoms with Crippen LogP contribution in [0.1, 0.15) is 44.9 Å². The number of halogens is 1. The molecule has 2 aliphatic rings. The van der Waals surface area contributed by atoms with Crippen LogP contribution in [0.5, 0.6) is 0 Å². The molecule has 2 atom stereocenters. The normalized spacial score (nSPS) is 33.7. The Bertz CT molecular complexity index is 311. The van der Waals surface area contributed by atoms with Crippen molar-refractivity contribution in [3.8, 4) is 0 Å². The van der Waals surface area contributed by atoms with Gasteiger partial charge in [0.2, 0.25) is 10.0 Å². The van der Waals surface area contributed by atoms with E-state index in [0.29, 0.717) is 4.83 Å². The minimum Gasteiger partial charge on any atom is -0.212 e. The second kappa shape index (κ2) is 4.72.